The van der Waals surface area contributed by atoms with Gasteiger partial charge in [0.25, 0.3) is 5.91 Å². The minimum atomic E-state index is -1.21. The summed E-state index contributed by atoms with van der Waals surface area (Å²) in [4.78, 5) is 55.6. The molecule has 2 aliphatic rings. The molecule has 11 nitrogen and oxygen atoms in total. The van der Waals surface area contributed by atoms with Crippen LogP contribution in [0.25, 0.3) is 0 Å². The van der Waals surface area contributed by atoms with Crippen molar-refractivity contribution in [3.63, 3.8) is 0 Å². The second-order valence-electron chi connectivity index (χ2n) is 8.41. The maximum Gasteiger partial charge on any atom is 0.255 e. The van der Waals surface area contributed by atoms with Crippen LogP contribution >= 0.6 is 0 Å². The van der Waals surface area contributed by atoms with Gasteiger partial charge in [-0.05, 0) is 25.6 Å². The Morgan fingerprint density at radius 2 is 1.85 bits per heavy atom. The van der Waals surface area contributed by atoms with Crippen LogP contribution in [0.1, 0.15) is 30.6 Å². The van der Waals surface area contributed by atoms with E-state index in [0.29, 0.717) is 31.9 Å². The Morgan fingerprint density at radius 3 is 2.53 bits per heavy atom. The van der Waals surface area contributed by atoms with Crippen LogP contribution in [0.2, 0.25) is 0 Å². The number of para-hydroxylation sites is 1. The molecule has 2 aliphatic heterocycles. The van der Waals surface area contributed by atoms with E-state index in [0.717, 1.165) is 6.54 Å². The van der Waals surface area contributed by atoms with Crippen LogP contribution in [0.4, 0.5) is 0 Å². The second-order valence-corrected chi connectivity index (χ2v) is 8.41. The van der Waals surface area contributed by atoms with E-state index in [2.05, 4.69) is 20.9 Å². The Balaban J connectivity index is 1.86. The third-order valence-electron chi connectivity index (χ3n) is 6.00. The summed E-state index contributed by atoms with van der Waals surface area (Å²) in [6.07, 6.45) is -1.54. The Morgan fingerprint density at radius 1 is 1.15 bits per heavy atom. The van der Waals surface area contributed by atoms with Gasteiger partial charge in [0, 0.05) is 26.2 Å². The largest absolute Gasteiger partial charge is 0.491 e. The number of ether oxygens (including phenoxy) is 1. The molecule has 0 unspecified atom stereocenters. The number of hydrogen-bond donors (Lipinski definition) is 4. The number of rotatable bonds is 3. The number of amides is 4. The van der Waals surface area contributed by atoms with Crippen LogP contribution in [0.3, 0.4) is 0 Å². The zero-order chi connectivity index (χ0) is 24.7. The lowest BCUT2D eigenvalue weighted by atomic mass is 10.1. The summed E-state index contributed by atoms with van der Waals surface area (Å²) in [5.41, 5.74) is 0.224. The summed E-state index contributed by atoms with van der Waals surface area (Å²) >= 11 is 0. The van der Waals surface area contributed by atoms with Crippen LogP contribution in [-0.4, -0.2) is 103 Å². The third-order valence-corrected chi connectivity index (χ3v) is 6.00. The van der Waals surface area contributed by atoms with Gasteiger partial charge in [-0.1, -0.05) is 19.1 Å². The SMILES string of the molecule is CCN1CCN(C(=O)[C@@H]2CC(=O)N[C@@H]([C@@H](C)O)C(=O)NCCOc3ccccc3C(=O)N2)CC1. The highest BCUT2D eigenvalue weighted by molar-refractivity contribution is 6.01. The van der Waals surface area contributed by atoms with Gasteiger partial charge in [-0.25, -0.2) is 0 Å². The molecule has 1 fully saturated rings. The first kappa shape index (κ1) is 25.4. The maximum atomic E-state index is 13.3. The molecule has 0 aliphatic carbocycles. The normalized spacial score (nSPS) is 24.0. The fraction of sp³-hybridized carbons (Fsp3) is 0.565. The molecule has 4 amide bonds. The number of carbonyl (C=O) groups is 4. The van der Waals surface area contributed by atoms with Gasteiger partial charge >= 0.3 is 0 Å². The molecule has 4 N–H and O–H groups in total. The predicted octanol–water partition coefficient (Wildman–Crippen LogP) is -1.29. The second kappa shape index (κ2) is 11.8. The van der Waals surface area contributed by atoms with Crippen LogP contribution in [0.5, 0.6) is 5.75 Å². The molecule has 2 heterocycles. The number of fused-ring (bicyclic) bond motifs is 1. The number of likely N-dealkylation sites (N-methyl/N-ethyl adjacent to an activating group) is 1. The van der Waals surface area contributed by atoms with Crippen LogP contribution in [0.15, 0.2) is 24.3 Å². The summed E-state index contributed by atoms with van der Waals surface area (Å²) in [7, 11) is 0. The number of benzene rings is 1. The van der Waals surface area contributed by atoms with E-state index in [1.54, 1.807) is 29.2 Å². The van der Waals surface area contributed by atoms with E-state index < -0.39 is 35.9 Å². The molecule has 3 atom stereocenters. The monoisotopic (exact) mass is 475 g/mol. The van der Waals surface area contributed by atoms with Gasteiger partial charge in [-0.2, -0.15) is 0 Å². The van der Waals surface area contributed by atoms with Gasteiger partial charge < -0.3 is 35.6 Å². The summed E-state index contributed by atoms with van der Waals surface area (Å²) in [6.45, 7) is 6.87. The third kappa shape index (κ3) is 6.45. The molecule has 1 aromatic rings. The highest BCUT2D eigenvalue weighted by Gasteiger charge is 2.33. The Kier molecular flexibility index (Phi) is 8.83. The number of hydrogen-bond acceptors (Lipinski definition) is 7. The first-order valence-corrected chi connectivity index (χ1v) is 11.6. The number of nitrogens with zero attached hydrogens (tertiary/aromatic N) is 2. The molecule has 11 heteroatoms. The van der Waals surface area contributed by atoms with Crippen LogP contribution in [-0.2, 0) is 14.4 Å². The van der Waals surface area contributed by atoms with Crippen molar-refractivity contribution in [2.24, 2.45) is 0 Å². The first-order chi connectivity index (χ1) is 16.3. The Labute approximate surface area is 198 Å². The van der Waals surface area contributed by atoms with E-state index in [9.17, 15) is 24.3 Å². The summed E-state index contributed by atoms with van der Waals surface area (Å²) in [5, 5.41) is 17.8. The highest BCUT2D eigenvalue weighted by atomic mass is 16.5. The summed E-state index contributed by atoms with van der Waals surface area (Å²) < 4.78 is 5.68. The molecule has 1 saturated heterocycles. The van der Waals surface area contributed by atoms with Crippen molar-refractivity contribution in [1.82, 2.24) is 25.8 Å². The van der Waals surface area contributed by atoms with Crippen LogP contribution in [0, 0.1) is 0 Å². The molecular formula is C23H33N5O6. The highest BCUT2D eigenvalue weighted by Crippen LogP contribution is 2.18. The van der Waals surface area contributed by atoms with E-state index in [1.165, 1.54) is 6.92 Å². The lowest BCUT2D eigenvalue weighted by Gasteiger charge is -2.36. The van der Waals surface area contributed by atoms with Crippen LogP contribution < -0.4 is 20.7 Å². The summed E-state index contributed by atoms with van der Waals surface area (Å²) in [6, 6.07) is 4.22. The number of aliphatic hydroxyl groups is 1. The topological polar surface area (TPSA) is 140 Å². The Bertz CT molecular complexity index is 900. The van der Waals surface area contributed by atoms with E-state index >= 15 is 0 Å². The molecule has 3 rings (SSSR count). The fourth-order valence-electron chi connectivity index (χ4n) is 3.99. The van der Waals surface area contributed by atoms with Crippen molar-refractivity contribution in [3.8, 4) is 5.75 Å². The molecule has 0 aromatic heterocycles. The smallest absolute Gasteiger partial charge is 0.255 e. The quantitative estimate of drug-likeness (QED) is 0.427. The zero-order valence-electron chi connectivity index (χ0n) is 19.6. The van der Waals surface area contributed by atoms with E-state index in [4.69, 9.17) is 4.74 Å². The van der Waals surface area contributed by atoms with Crippen molar-refractivity contribution in [2.45, 2.75) is 38.5 Å². The molecule has 186 valence electrons. The average Bonchev–Trinajstić information content (AvgIpc) is 2.83. The van der Waals surface area contributed by atoms with Gasteiger partial charge in [0.2, 0.25) is 17.7 Å². The summed E-state index contributed by atoms with van der Waals surface area (Å²) in [5.74, 6) is -1.82. The lowest BCUT2D eigenvalue weighted by molar-refractivity contribution is -0.138. The molecule has 1 aromatic carbocycles. The Hall–Kier alpha value is -3.18. The fourth-order valence-corrected chi connectivity index (χ4v) is 3.99. The van der Waals surface area contributed by atoms with Crippen molar-refractivity contribution >= 4 is 23.6 Å². The van der Waals surface area contributed by atoms with Gasteiger partial charge in [0.1, 0.15) is 24.4 Å². The number of carbonyl (C=O) groups excluding carboxylic acids is 4. The number of aliphatic hydroxyl groups excluding tert-OH is 1. The minimum Gasteiger partial charge on any atom is -0.491 e. The molecule has 0 radical (unpaired) electrons. The zero-order valence-corrected chi connectivity index (χ0v) is 19.6. The average molecular weight is 476 g/mol. The maximum absolute atomic E-state index is 13.3. The van der Waals surface area contributed by atoms with Gasteiger partial charge in [-0.3, -0.25) is 19.2 Å². The van der Waals surface area contributed by atoms with Crippen molar-refractivity contribution in [3.05, 3.63) is 29.8 Å². The number of nitrogens with one attached hydrogen (secondary N) is 3. The van der Waals surface area contributed by atoms with Crippen molar-refractivity contribution < 1.29 is 29.0 Å². The molecule has 34 heavy (non-hydrogen) atoms. The minimum absolute atomic E-state index is 0.0700. The number of piperazine rings is 1. The van der Waals surface area contributed by atoms with Crippen molar-refractivity contribution in [1.29, 1.82) is 0 Å². The molecular weight excluding hydrogens is 442 g/mol. The molecule has 0 bridgehead atoms. The van der Waals surface area contributed by atoms with Gasteiger partial charge in [0.15, 0.2) is 0 Å². The van der Waals surface area contributed by atoms with E-state index in [1.807, 2.05) is 6.92 Å². The van der Waals surface area contributed by atoms with Crippen molar-refractivity contribution in [2.75, 3.05) is 45.9 Å². The van der Waals surface area contributed by atoms with Gasteiger partial charge in [0.05, 0.1) is 24.6 Å². The standard InChI is InChI=1S/C23H33N5O6/c1-3-27-9-11-28(12-10-27)23(33)17-14-19(30)26-20(15(2)29)22(32)24-8-13-34-18-7-5-4-6-16(18)21(31)25-17/h4-7,15,17,20,29H,3,8-14H2,1-2H3,(H,24,32)(H,25,31)(H,26,30)/t15-,17+,20+/m1/s1. The predicted molar refractivity (Wildman–Crippen MR) is 123 cm³/mol. The van der Waals surface area contributed by atoms with E-state index in [-0.39, 0.29) is 31.0 Å². The first-order valence-electron chi connectivity index (χ1n) is 11.6. The van der Waals surface area contributed by atoms with Gasteiger partial charge in [-0.15, -0.1) is 0 Å². The lowest BCUT2D eigenvalue weighted by Crippen LogP contribution is -2.57. The molecule has 0 saturated carbocycles. The molecule has 0 spiro atoms.